The third-order valence-electron chi connectivity index (χ3n) is 4.28. The molecule has 2 nitrogen and oxygen atoms in total. The van der Waals surface area contributed by atoms with Gasteiger partial charge in [0.2, 0.25) is 0 Å². The Balaban J connectivity index is 1.87. The summed E-state index contributed by atoms with van der Waals surface area (Å²) in [5.74, 6) is 0.163. The van der Waals surface area contributed by atoms with Crippen molar-refractivity contribution in [2.45, 2.75) is 24.4 Å². The van der Waals surface area contributed by atoms with Crippen LogP contribution in [-0.4, -0.2) is 17.8 Å². The van der Waals surface area contributed by atoms with Gasteiger partial charge in [0.25, 0.3) is 0 Å². The van der Waals surface area contributed by atoms with E-state index >= 15 is 0 Å². The monoisotopic (exact) mass is 331 g/mol. The van der Waals surface area contributed by atoms with Gasteiger partial charge in [-0.2, -0.15) is 0 Å². The van der Waals surface area contributed by atoms with Crippen molar-refractivity contribution < 1.29 is 5.11 Å². The molecule has 0 heterocycles. The van der Waals surface area contributed by atoms with Crippen LogP contribution in [0.1, 0.15) is 28.5 Å². The van der Waals surface area contributed by atoms with E-state index in [0.29, 0.717) is 6.54 Å². The fourth-order valence-corrected chi connectivity index (χ4v) is 3.69. The highest BCUT2D eigenvalue weighted by Gasteiger charge is 2.36. The maximum absolute atomic E-state index is 10.8. The predicted molar refractivity (Wildman–Crippen MR) is 84.8 cm³/mol. The molecular formula is C17H18BrNO. The Hall–Kier alpha value is -1.16. The Kier molecular flexibility index (Phi) is 3.92. The fraction of sp³-hybridized carbons (Fsp3) is 0.294. The Labute approximate surface area is 127 Å². The van der Waals surface area contributed by atoms with Crippen LogP contribution in [0.5, 0.6) is 0 Å². The van der Waals surface area contributed by atoms with Crippen molar-refractivity contribution in [3.63, 3.8) is 0 Å². The number of nitrogens with two attached hydrogens (primary N) is 1. The van der Waals surface area contributed by atoms with Gasteiger partial charge >= 0.3 is 0 Å². The Morgan fingerprint density at radius 3 is 2.55 bits per heavy atom. The van der Waals surface area contributed by atoms with Crippen molar-refractivity contribution in [3.8, 4) is 0 Å². The number of halogens is 1. The molecule has 1 aliphatic carbocycles. The molecule has 0 amide bonds. The van der Waals surface area contributed by atoms with Gasteiger partial charge < -0.3 is 10.8 Å². The first-order valence-electron chi connectivity index (χ1n) is 6.92. The zero-order valence-corrected chi connectivity index (χ0v) is 12.8. The van der Waals surface area contributed by atoms with E-state index in [0.717, 1.165) is 16.5 Å². The van der Waals surface area contributed by atoms with Gasteiger partial charge in [-0.3, -0.25) is 0 Å². The molecule has 0 aliphatic heterocycles. The summed E-state index contributed by atoms with van der Waals surface area (Å²) in [7, 11) is 0. The highest BCUT2D eigenvalue weighted by molar-refractivity contribution is 9.10. The van der Waals surface area contributed by atoms with Gasteiger partial charge in [0.15, 0.2) is 0 Å². The summed E-state index contributed by atoms with van der Waals surface area (Å²) < 4.78 is 1.02. The average Bonchev–Trinajstić information content (AvgIpc) is 2.43. The minimum atomic E-state index is -0.436. The predicted octanol–water partition coefficient (Wildman–Crippen LogP) is 3.19. The molecule has 3 rings (SSSR count). The third kappa shape index (κ3) is 2.30. The number of hydrogen-bond donors (Lipinski definition) is 2. The van der Waals surface area contributed by atoms with Gasteiger partial charge in [-0.1, -0.05) is 58.4 Å². The molecule has 3 unspecified atom stereocenters. The van der Waals surface area contributed by atoms with Crippen LogP contribution < -0.4 is 5.73 Å². The SMILES string of the molecule is NCC(c1ccccc1Br)C(O)C1Cc2ccccc21. The maximum Gasteiger partial charge on any atom is 0.0692 e. The zero-order chi connectivity index (χ0) is 14.1. The van der Waals surface area contributed by atoms with Gasteiger partial charge in [0.1, 0.15) is 0 Å². The second-order valence-corrected chi connectivity index (χ2v) is 6.22. The first-order valence-corrected chi connectivity index (χ1v) is 7.72. The van der Waals surface area contributed by atoms with Gasteiger partial charge in [-0.05, 0) is 29.2 Å². The Bertz CT molecular complexity index is 613. The summed E-state index contributed by atoms with van der Waals surface area (Å²) in [4.78, 5) is 0. The molecular weight excluding hydrogens is 314 g/mol. The van der Waals surface area contributed by atoms with E-state index in [1.165, 1.54) is 11.1 Å². The van der Waals surface area contributed by atoms with Crippen molar-refractivity contribution in [2.75, 3.05) is 6.54 Å². The second-order valence-electron chi connectivity index (χ2n) is 5.36. The van der Waals surface area contributed by atoms with Gasteiger partial charge in [0.05, 0.1) is 6.10 Å². The highest BCUT2D eigenvalue weighted by Crippen LogP contribution is 2.42. The normalized spacial score (nSPS) is 19.9. The molecule has 1 aliphatic rings. The third-order valence-corrected chi connectivity index (χ3v) is 5.00. The van der Waals surface area contributed by atoms with Crippen LogP contribution >= 0.6 is 15.9 Å². The van der Waals surface area contributed by atoms with Gasteiger partial charge in [-0.25, -0.2) is 0 Å². The van der Waals surface area contributed by atoms with Crippen molar-refractivity contribution in [1.82, 2.24) is 0 Å². The van der Waals surface area contributed by atoms with E-state index in [1.54, 1.807) is 0 Å². The molecule has 3 N–H and O–H groups in total. The molecule has 2 aromatic carbocycles. The van der Waals surface area contributed by atoms with E-state index in [1.807, 2.05) is 30.3 Å². The number of benzene rings is 2. The largest absolute Gasteiger partial charge is 0.392 e. The number of aliphatic hydroxyl groups is 1. The smallest absolute Gasteiger partial charge is 0.0692 e. The van der Waals surface area contributed by atoms with E-state index < -0.39 is 6.10 Å². The van der Waals surface area contributed by atoms with Crippen molar-refractivity contribution in [2.24, 2.45) is 5.73 Å². The lowest BCUT2D eigenvalue weighted by atomic mass is 9.70. The summed E-state index contributed by atoms with van der Waals surface area (Å²) in [6.45, 7) is 0.447. The molecule has 0 saturated heterocycles. The van der Waals surface area contributed by atoms with Crippen molar-refractivity contribution >= 4 is 15.9 Å². The molecule has 0 fully saturated rings. The summed E-state index contributed by atoms with van der Waals surface area (Å²) in [6.07, 6.45) is 0.506. The first-order chi connectivity index (χ1) is 9.72. The van der Waals surface area contributed by atoms with Gasteiger partial charge in [0, 0.05) is 22.9 Å². The van der Waals surface area contributed by atoms with Crippen LogP contribution in [0.25, 0.3) is 0 Å². The highest BCUT2D eigenvalue weighted by atomic mass is 79.9. The molecule has 104 valence electrons. The zero-order valence-electron chi connectivity index (χ0n) is 11.2. The van der Waals surface area contributed by atoms with E-state index in [2.05, 4.69) is 34.1 Å². The van der Waals surface area contributed by atoms with Crippen LogP contribution in [0.2, 0.25) is 0 Å². The minimum Gasteiger partial charge on any atom is -0.392 e. The molecule has 20 heavy (non-hydrogen) atoms. The van der Waals surface area contributed by atoms with Crippen LogP contribution in [0.15, 0.2) is 53.0 Å². The fourth-order valence-electron chi connectivity index (χ4n) is 3.11. The molecule has 0 bridgehead atoms. The van der Waals surface area contributed by atoms with Crippen molar-refractivity contribution in [3.05, 3.63) is 69.7 Å². The quantitative estimate of drug-likeness (QED) is 0.903. The lowest BCUT2D eigenvalue weighted by molar-refractivity contribution is 0.106. The van der Waals surface area contributed by atoms with E-state index in [4.69, 9.17) is 5.73 Å². The molecule has 2 aromatic rings. The van der Waals surface area contributed by atoms with E-state index in [9.17, 15) is 5.11 Å². The van der Waals surface area contributed by atoms with Crippen molar-refractivity contribution in [1.29, 1.82) is 0 Å². The lowest BCUT2D eigenvalue weighted by Gasteiger charge is -2.37. The number of fused-ring (bicyclic) bond motifs is 1. The summed E-state index contributed by atoms with van der Waals surface area (Å²) >= 11 is 3.56. The van der Waals surface area contributed by atoms with Crippen LogP contribution in [0, 0.1) is 0 Å². The minimum absolute atomic E-state index is 0.0380. The number of hydrogen-bond acceptors (Lipinski definition) is 2. The van der Waals surface area contributed by atoms with Gasteiger partial charge in [-0.15, -0.1) is 0 Å². The topological polar surface area (TPSA) is 46.2 Å². The molecule has 3 atom stereocenters. The molecule has 0 spiro atoms. The van der Waals surface area contributed by atoms with Crippen LogP contribution in [0.4, 0.5) is 0 Å². The molecule has 0 saturated carbocycles. The Morgan fingerprint density at radius 2 is 1.85 bits per heavy atom. The molecule has 3 heteroatoms. The molecule has 0 radical (unpaired) electrons. The lowest BCUT2D eigenvalue weighted by Crippen LogP contribution is -2.36. The van der Waals surface area contributed by atoms with Crippen LogP contribution in [-0.2, 0) is 6.42 Å². The maximum atomic E-state index is 10.8. The summed E-state index contributed by atoms with van der Waals surface area (Å²) in [5, 5.41) is 10.8. The first kappa shape index (κ1) is 13.8. The Morgan fingerprint density at radius 1 is 1.15 bits per heavy atom. The second kappa shape index (κ2) is 5.68. The number of aliphatic hydroxyl groups excluding tert-OH is 1. The standard InChI is InChI=1S/C17H18BrNO/c18-16-8-4-3-7-13(16)15(10-19)17(20)14-9-11-5-1-2-6-12(11)14/h1-8,14-15,17,20H,9-10,19H2. The average molecular weight is 332 g/mol. The summed E-state index contributed by atoms with van der Waals surface area (Å²) in [5.41, 5.74) is 9.64. The summed E-state index contributed by atoms with van der Waals surface area (Å²) in [6, 6.07) is 16.3. The molecule has 0 aromatic heterocycles. The van der Waals surface area contributed by atoms with E-state index in [-0.39, 0.29) is 11.8 Å². The van der Waals surface area contributed by atoms with Crippen LogP contribution in [0.3, 0.4) is 0 Å². The number of rotatable bonds is 4.